The molecule has 2 rings (SSSR count). The van der Waals surface area contributed by atoms with Gasteiger partial charge < -0.3 is 5.11 Å². The van der Waals surface area contributed by atoms with Crippen LogP contribution in [0.1, 0.15) is 18.4 Å². The lowest BCUT2D eigenvalue weighted by atomic mass is 9.72. The zero-order valence-electron chi connectivity index (χ0n) is 10.3. The molecule has 3 nitrogen and oxygen atoms in total. The zero-order valence-corrected chi connectivity index (χ0v) is 10.3. The molecule has 20 heavy (non-hydrogen) atoms. The zero-order chi connectivity index (χ0) is 15.0. The molecule has 106 valence electrons. The summed E-state index contributed by atoms with van der Waals surface area (Å²) in [5, 5.41) is 8.90. The fourth-order valence-electron chi connectivity index (χ4n) is 2.23. The molecule has 1 aliphatic rings. The highest BCUT2D eigenvalue weighted by atomic mass is 19.4. The van der Waals surface area contributed by atoms with Crippen molar-refractivity contribution in [3.05, 3.63) is 42.0 Å². The summed E-state index contributed by atoms with van der Waals surface area (Å²) in [4.78, 5) is 22.9. The van der Waals surface area contributed by atoms with Gasteiger partial charge in [0.2, 0.25) is 0 Å². The van der Waals surface area contributed by atoms with Crippen LogP contribution in [0.5, 0.6) is 0 Å². The Balaban J connectivity index is 2.43. The predicted octanol–water partition coefficient (Wildman–Crippen LogP) is 3.07. The number of allylic oxidation sites excluding steroid dienone is 2. The number of halogens is 3. The standard InChI is InChI=1S/C14H11F3O3/c15-14(16,17)13(12(19)20)7-6-10(11(18)8-13)9-4-2-1-3-5-9/h1-6H,7-8H2,(H,19,20). The van der Waals surface area contributed by atoms with E-state index < -0.39 is 36.2 Å². The van der Waals surface area contributed by atoms with Crippen molar-refractivity contribution in [3.63, 3.8) is 0 Å². The molecule has 0 aliphatic heterocycles. The summed E-state index contributed by atoms with van der Waals surface area (Å²) in [6, 6.07) is 8.24. The number of carbonyl (C=O) groups excluding carboxylic acids is 1. The molecule has 1 atom stereocenters. The molecule has 0 heterocycles. The number of carboxylic acids is 1. The van der Waals surface area contributed by atoms with Gasteiger partial charge in [0, 0.05) is 12.0 Å². The SMILES string of the molecule is O=C1CC(C(=O)O)(C(F)(F)F)CC=C1c1ccccc1. The van der Waals surface area contributed by atoms with Crippen LogP contribution in [0.4, 0.5) is 13.2 Å². The quantitative estimate of drug-likeness (QED) is 0.908. The Hall–Kier alpha value is -2.11. The summed E-state index contributed by atoms with van der Waals surface area (Å²) in [7, 11) is 0. The van der Waals surface area contributed by atoms with E-state index in [4.69, 9.17) is 5.11 Å². The maximum atomic E-state index is 13.0. The number of hydrogen-bond donors (Lipinski definition) is 1. The van der Waals surface area contributed by atoms with E-state index in [1.807, 2.05) is 0 Å². The smallest absolute Gasteiger partial charge is 0.405 e. The van der Waals surface area contributed by atoms with Crippen molar-refractivity contribution >= 4 is 17.3 Å². The van der Waals surface area contributed by atoms with Crippen molar-refractivity contribution in [1.29, 1.82) is 0 Å². The average Bonchev–Trinajstić information content (AvgIpc) is 2.38. The van der Waals surface area contributed by atoms with Crippen LogP contribution in [-0.2, 0) is 9.59 Å². The average molecular weight is 284 g/mol. The maximum Gasteiger partial charge on any atom is 0.405 e. The Kier molecular flexibility index (Phi) is 3.41. The first-order valence-corrected chi connectivity index (χ1v) is 5.87. The minimum Gasteiger partial charge on any atom is -0.481 e. The second-order valence-corrected chi connectivity index (χ2v) is 4.67. The molecule has 0 amide bonds. The van der Waals surface area contributed by atoms with Gasteiger partial charge >= 0.3 is 12.1 Å². The molecular weight excluding hydrogens is 273 g/mol. The van der Waals surface area contributed by atoms with Gasteiger partial charge in [0.1, 0.15) is 0 Å². The van der Waals surface area contributed by atoms with Crippen LogP contribution in [-0.4, -0.2) is 23.0 Å². The number of rotatable bonds is 2. The third-order valence-electron chi connectivity index (χ3n) is 3.45. The molecule has 1 unspecified atom stereocenters. The van der Waals surface area contributed by atoms with Gasteiger partial charge in [0.15, 0.2) is 11.2 Å². The molecule has 0 saturated heterocycles. The monoisotopic (exact) mass is 284 g/mol. The summed E-state index contributed by atoms with van der Waals surface area (Å²) >= 11 is 0. The van der Waals surface area contributed by atoms with Crippen LogP contribution < -0.4 is 0 Å². The normalized spacial score (nSPS) is 23.4. The van der Waals surface area contributed by atoms with Crippen molar-refractivity contribution < 1.29 is 27.9 Å². The molecule has 6 heteroatoms. The highest BCUT2D eigenvalue weighted by Gasteiger charge is 2.62. The molecule has 0 radical (unpaired) electrons. The van der Waals surface area contributed by atoms with Gasteiger partial charge in [0.25, 0.3) is 0 Å². The molecule has 0 fully saturated rings. The van der Waals surface area contributed by atoms with Gasteiger partial charge in [-0.25, -0.2) is 0 Å². The molecule has 1 aromatic rings. The van der Waals surface area contributed by atoms with Gasteiger partial charge in [0.05, 0.1) is 0 Å². The number of alkyl halides is 3. The topological polar surface area (TPSA) is 54.4 Å². The van der Waals surface area contributed by atoms with Crippen LogP contribution >= 0.6 is 0 Å². The Morgan fingerprint density at radius 3 is 2.25 bits per heavy atom. The molecule has 0 bridgehead atoms. The molecule has 1 aliphatic carbocycles. The van der Waals surface area contributed by atoms with Gasteiger partial charge in [-0.2, -0.15) is 13.2 Å². The number of Topliss-reactive ketones (excluding diaryl/α,β-unsaturated/α-hetero) is 1. The summed E-state index contributed by atoms with van der Waals surface area (Å²) in [5.74, 6) is -2.82. The van der Waals surface area contributed by atoms with E-state index in [0.717, 1.165) is 6.08 Å². The van der Waals surface area contributed by atoms with E-state index in [1.54, 1.807) is 30.3 Å². The minimum atomic E-state index is -4.97. The highest BCUT2D eigenvalue weighted by molar-refractivity contribution is 6.22. The summed E-state index contributed by atoms with van der Waals surface area (Å²) in [6.45, 7) is 0. The maximum absolute atomic E-state index is 13.0. The molecule has 0 aromatic heterocycles. The summed E-state index contributed by atoms with van der Waals surface area (Å²) < 4.78 is 39.0. The third-order valence-corrected chi connectivity index (χ3v) is 3.45. The van der Waals surface area contributed by atoms with E-state index >= 15 is 0 Å². The van der Waals surface area contributed by atoms with Crippen LogP contribution in [0.2, 0.25) is 0 Å². The molecule has 0 saturated carbocycles. The highest BCUT2D eigenvalue weighted by Crippen LogP contribution is 2.48. The second-order valence-electron chi connectivity index (χ2n) is 4.67. The van der Waals surface area contributed by atoms with Crippen LogP contribution in [0.15, 0.2) is 36.4 Å². The van der Waals surface area contributed by atoms with Gasteiger partial charge in [-0.1, -0.05) is 36.4 Å². The minimum absolute atomic E-state index is 0.145. The lowest BCUT2D eigenvalue weighted by Gasteiger charge is -2.33. The summed E-state index contributed by atoms with van der Waals surface area (Å²) in [6.07, 6.45) is -5.69. The molecular formula is C14H11F3O3. The predicted molar refractivity (Wildman–Crippen MR) is 64.8 cm³/mol. The Bertz CT molecular complexity index is 575. The molecule has 1 N–H and O–H groups in total. The van der Waals surface area contributed by atoms with Gasteiger partial charge in [-0.15, -0.1) is 0 Å². The lowest BCUT2D eigenvalue weighted by Crippen LogP contribution is -2.47. The number of ketones is 1. The van der Waals surface area contributed by atoms with Crippen molar-refractivity contribution in [2.45, 2.75) is 19.0 Å². The van der Waals surface area contributed by atoms with E-state index in [-0.39, 0.29) is 5.57 Å². The van der Waals surface area contributed by atoms with E-state index in [1.165, 1.54) is 0 Å². The van der Waals surface area contributed by atoms with Crippen LogP contribution in [0.25, 0.3) is 5.57 Å². The van der Waals surface area contributed by atoms with Crippen molar-refractivity contribution in [3.8, 4) is 0 Å². The number of carbonyl (C=O) groups is 2. The van der Waals surface area contributed by atoms with Crippen LogP contribution in [0, 0.1) is 5.41 Å². The Morgan fingerprint density at radius 2 is 1.80 bits per heavy atom. The van der Waals surface area contributed by atoms with Crippen LogP contribution in [0.3, 0.4) is 0 Å². The first-order chi connectivity index (χ1) is 9.28. The number of aliphatic carboxylic acids is 1. The lowest BCUT2D eigenvalue weighted by molar-refractivity contribution is -0.232. The van der Waals surface area contributed by atoms with Crippen molar-refractivity contribution in [2.75, 3.05) is 0 Å². The third kappa shape index (κ3) is 2.21. The van der Waals surface area contributed by atoms with E-state index in [0.29, 0.717) is 5.56 Å². The largest absolute Gasteiger partial charge is 0.481 e. The van der Waals surface area contributed by atoms with E-state index in [2.05, 4.69) is 0 Å². The van der Waals surface area contributed by atoms with Crippen molar-refractivity contribution in [1.82, 2.24) is 0 Å². The van der Waals surface area contributed by atoms with Gasteiger partial charge in [-0.3, -0.25) is 9.59 Å². The second kappa shape index (κ2) is 4.77. The Labute approximate surface area is 112 Å². The Morgan fingerprint density at radius 1 is 1.20 bits per heavy atom. The fraction of sp³-hybridized carbons (Fsp3) is 0.286. The summed E-state index contributed by atoms with van der Waals surface area (Å²) in [5.41, 5.74) is -2.37. The number of hydrogen-bond acceptors (Lipinski definition) is 2. The molecule has 1 aromatic carbocycles. The number of carboxylic acid groups (broad SMARTS) is 1. The first-order valence-electron chi connectivity index (χ1n) is 5.87. The number of benzene rings is 1. The fourth-order valence-corrected chi connectivity index (χ4v) is 2.23. The first kappa shape index (κ1) is 14.3. The van der Waals surface area contributed by atoms with E-state index in [9.17, 15) is 22.8 Å². The van der Waals surface area contributed by atoms with Crippen molar-refractivity contribution in [2.24, 2.45) is 5.41 Å². The molecule has 0 spiro atoms. The van der Waals surface area contributed by atoms with Gasteiger partial charge in [-0.05, 0) is 12.0 Å².